The number of hydrogen-bond donors (Lipinski definition) is 1. The number of amides is 1. The highest BCUT2D eigenvalue weighted by molar-refractivity contribution is 7.89. The van der Waals surface area contributed by atoms with Crippen molar-refractivity contribution in [3.63, 3.8) is 0 Å². The van der Waals surface area contributed by atoms with Gasteiger partial charge in [-0.15, -0.1) is 0 Å². The molecule has 180 valence electrons. The van der Waals surface area contributed by atoms with Crippen LogP contribution < -0.4 is 5.32 Å². The number of aryl methyl sites for hydroxylation is 2. The van der Waals surface area contributed by atoms with Gasteiger partial charge in [0.2, 0.25) is 5.91 Å². The Morgan fingerprint density at radius 3 is 2.42 bits per heavy atom. The van der Waals surface area contributed by atoms with Crippen molar-refractivity contribution in [3.8, 4) is 0 Å². The number of piperidine rings is 1. The third-order valence-electron chi connectivity index (χ3n) is 6.58. The van der Waals surface area contributed by atoms with Crippen LogP contribution in [0.4, 0.5) is 0 Å². The van der Waals surface area contributed by atoms with E-state index in [1.54, 1.807) is 18.5 Å². The molecule has 4 rings (SSSR count). The molecule has 1 N–H and O–H groups in total. The van der Waals surface area contributed by atoms with E-state index in [1.165, 1.54) is 16.1 Å². The Bertz CT molecular complexity index is 1050. The lowest BCUT2D eigenvalue weighted by Gasteiger charge is -2.30. The monoisotopic (exact) mass is 475 g/mol. The van der Waals surface area contributed by atoms with Crippen molar-refractivity contribution >= 4 is 15.9 Å². The number of nitrogens with zero attached hydrogens (tertiary/aromatic N) is 4. The third-order valence-corrected chi connectivity index (χ3v) is 8.35. The van der Waals surface area contributed by atoms with Crippen molar-refractivity contribution in [3.05, 3.63) is 47.4 Å². The van der Waals surface area contributed by atoms with Gasteiger partial charge in [0.15, 0.2) is 5.03 Å². The van der Waals surface area contributed by atoms with E-state index in [0.29, 0.717) is 38.3 Å². The molecule has 0 aliphatic carbocycles. The van der Waals surface area contributed by atoms with Crippen LogP contribution in [-0.4, -0.2) is 72.5 Å². The van der Waals surface area contributed by atoms with Gasteiger partial charge in [-0.25, -0.2) is 13.4 Å². The van der Waals surface area contributed by atoms with E-state index in [-0.39, 0.29) is 16.9 Å². The molecule has 2 aromatic rings. The van der Waals surface area contributed by atoms with E-state index in [9.17, 15) is 13.2 Å². The van der Waals surface area contributed by atoms with E-state index >= 15 is 0 Å². The zero-order valence-electron chi connectivity index (χ0n) is 19.4. The van der Waals surface area contributed by atoms with Gasteiger partial charge < -0.3 is 14.6 Å². The number of ether oxygens (including phenoxy) is 1. The van der Waals surface area contributed by atoms with Crippen molar-refractivity contribution in [2.75, 3.05) is 39.4 Å². The largest absolute Gasteiger partial charge is 0.379 e. The van der Waals surface area contributed by atoms with Gasteiger partial charge in [-0.1, -0.05) is 24.3 Å². The number of sulfonamides is 1. The minimum Gasteiger partial charge on any atom is -0.379 e. The number of benzene rings is 1. The molecule has 0 radical (unpaired) electrons. The first-order valence-corrected chi connectivity index (χ1v) is 12.9. The summed E-state index contributed by atoms with van der Waals surface area (Å²) in [6.07, 6.45) is 2.55. The molecule has 0 atom stereocenters. The van der Waals surface area contributed by atoms with Crippen LogP contribution in [0.15, 0.2) is 35.5 Å². The van der Waals surface area contributed by atoms with Crippen LogP contribution in [0.5, 0.6) is 0 Å². The molecule has 3 heterocycles. The summed E-state index contributed by atoms with van der Waals surface area (Å²) in [6.45, 7) is 7.09. The molecule has 10 heteroatoms. The fraction of sp³-hybridized carbons (Fsp3) is 0.565. The minimum atomic E-state index is -3.63. The van der Waals surface area contributed by atoms with Crippen molar-refractivity contribution in [1.82, 2.24) is 24.1 Å². The Balaban J connectivity index is 1.30. The molecule has 9 nitrogen and oxygen atoms in total. The predicted octanol–water partition coefficient (Wildman–Crippen LogP) is 1.28. The average molecular weight is 476 g/mol. The maximum absolute atomic E-state index is 12.9. The molecule has 1 amide bonds. The standard InChI is InChI=1S/C23H33N5O4S/c1-18-25-22(17-26(18)2)33(30,31)28-9-7-19(8-10-28)23(29)24-15-20-5-3-4-6-21(20)16-27-11-13-32-14-12-27/h3-6,17,19H,7-16H2,1-2H3,(H,24,29). The molecule has 1 aromatic heterocycles. The molecule has 0 unspecified atom stereocenters. The zero-order chi connectivity index (χ0) is 23.4. The van der Waals surface area contributed by atoms with Crippen molar-refractivity contribution in [2.45, 2.75) is 37.9 Å². The fourth-order valence-electron chi connectivity index (χ4n) is 4.35. The van der Waals surface area contributed by atoms with E-state index in [0.717, 1.165) is 38.4 Å². The lowest BCUT2D eigenvalue weighted by Crippen LogP contribution is -2.43. The van der Waals surface area contributed by atoms with E-state index in [4.69, 9.17) is 4.74 Å². The number of hydrogen-bond acceptors (Lipinski definition) is 6. The van der Waals surface area contributed by atoms with E-state index < -0.39 is 10.0 Å². The lowest BCUT2D eigenvalue weighted by atomic mass is 9.97. The summed E-state index contributed by atoms with van der Waals surface area (Å²) in [7, 11) is -1.86. The number of carbonyl (C=O) groups is 1. The summed E-state index contributed by atoms with van der Waals surface area (Å²) >= 11 is 0. The number of nitrogens with one attached hydrogen (secondary N) is 1. The van der Waals surface area contributed by atoms with Crippen LogP contribution >= 0.6 is 0 Å². The number of morpholine rings is 1. The second kappa shape index (κ2) is 10.3. The molecule has 33 heavy (non-hydrogen) atoms. The molecule has 2 fully saturated rings. The van der Waals surface area contributed by atoms with Crippen molar-refractivity contribution in [1.29, 1.82) is 0 Å². The Labute approximate surface area is 195 Å². The van der Waals surface area contributed by atoms with Crippen LogP contribution in [0, 0.1) is 12.8 Å². The predicted molar refractivity (Wildman–Crippen MR) is 124 cm³/mol. The highest BCUT2D eigenvalue weighted by atomic mass is 32.2. The quantitative estimate of drug-likeness (QED) is 0.648. The first-order valence-electron chi connectivity index (χ1n) is 11.5. The van der Waals surface area contributed by atoms with Gasteiger partial charge in [0.05, 0.1) is 13.2 Å². The molecule has 2 aliphatic rings. The number of aromatic nitrogens is 2. The van der Waals surface area contributed by atoms with Gasteiger partial charge in [0.1, 0.15) is 5.82 Å². The molecule has 0 spiro atoms. The van der Waals surface area contributed by atoms with E-state index in [2.05, 4.69) is 27.3 Å². The molecule has 1 aromatic carbocycles. The maximum atomic E-state index is 12.9. The SMILES string of the molecule is Cc1nc(S(=O)(=O)N2CCC(C(=O)NCc3ccccc3CN3CCOCC3)CC2)cn1C. The zero-order valence-corrected chi connectivity index (χ0v) is 20.2. The summed E-state index contributed by atoms with van der Waals surface area (Å²) in [6, 6.07) is 8.19. The molecular weight excluding hydrogens is 442 g/mol. The van der Waals surface area contributed by atoms with Crippen LogP contribution in [0.25, 0.3) is 0 Å². The average Bonchev–Trinajstić information content (AvgIpc) is 3.18. The Morgan fingerprint density at radius 1 is 1.12 bits per heavy atom. The second-order valence-corrected chi connectivity index (χ2v) is 10.7. The highest BCUT2D eigenvalue weighted by Crippen LogP contribution is 2.24. The summed E-state index contributed by atoms with van der Waals surface area (Å²) in [5, 5.41) is 3.15. The molecular formula is C23H33N5O4S. The Kier molecular flexibility index (Phi) is 7.48. The molecule has 2 saturated heterocycles. The fourth-order valence-corrected chi connectivity index (χ4v) is 5.85. The minimum absolute atomic E-state index is 0.0121. The van der Waals surface area contributed by atoms with Gasteiger partial charge in [0.25, 0.3) is 10.0 Å². The van der Waals surface area contributed by atoms with E-state index in [1.807, 2.05) is 12.1 Å². The van der Waals surface area contributed by atoms with Gasteiger partial charge in [-0.2, -0.15) is 4.31 Å². The van der Waals surface area contributed by atoms with Crippen molar-refractivity contribution in [2.24, 2.45) is 13.0 Å². The topological polar surface area (TPSA) is 96.8 Å². The summed E-state index contributed by atoms with van der Waals surface area (Å²) in [5.41, 5.74) is 2.33. The van der Waals surface area contributed by atoms with Gasteiger partial charge in [-0.3, -0.25) is 9.69 Å². The second-order valence-electron chi connectivity index (χ2n) is 8.79. The third kappa shape index (κ3) is 5.63. The number of imidazole rings is 1. The van der Waals surface area contributed by atoms with Crippen LogP contribution in [0.1, 0.15) is 29.8 Å². The molecule has 0 bridgehead atoms. The van der Waals surface area contributed by atoms with Gasteiger partial charge in [-0.05, 0) is 30.9 Å². The number of carbonyl (C=O) groups excluding carboxylic acids is 1. The molecule has 0 saturated carbocycles. The highest BCUT2D eigenvalue weighted by Gasteiger charge is 2.33. The summed E-state index contributed by atoms with van der Waals surface area (Å²) in [5.74, 6) is 0.451. The van der Waals surface area contributed by atoms with Crippen LogP contribution in [0.2, 0.25) is 0 Å². The summed E-state index contributed by atoms with van der Waals surface area (Å²) < 4.78 is 34.3. The number of rotatable bonds is 7. The smallest absolute Gasteiger partial charge is 0.262 e. The van der Waals surface area contributed by atoms with Crippen molar-refractivity contribution < 1.29 is 17.9 Å². The van der Waals surface area contributed by atoms with Gasteiger partial charge in [0, 0.05) is 58.4 Å². The van der Waals surface area contributed by atoms with Crippen LogP contribution in [0.3, 0.4) is 0 Å². The first kappa shape index (κ1) is 23.9. The van der Waals surface area contributed by atoms with Crippen LogP contribution in [-0.2, 0) is 39.7 Å². The summed E-state index contributed by atoms with van der Waals surface area (Å²) in [4.78, 5) is 19.4. The first-order chi connectivity index (χ1) is 15.8. The molecule has 2 aliphatic heterocycles. The maximum Gasteiger partial charge on any atom is 0.262 e. The Morgan fingerprint density at radius 2 is 1.79 bits per heavy atom. The lowest BCUT2D eigenvalue weighted by molar-refractivity contribution is -0.126. The Hall–Kier alpha value is -2.27. The normalized spacial score (nSPS) is 19.0. The van der Waals surface area contributed by atoms with Gasteiger partial charge >= 0.3 is 0 Å².